The summed E-state index contributed by atoms with van der Waals surface area (Å²) in [4.78, 5) is 35.6. The number of ketones is 1. The van der Waals surface area contributed by atoms with Crippen LogP contribution in [0.1, 0.15) is 53.3 Å². The molecule has 2 rings (SSSR count). The number of benzene rings is 2. The van der Waals surface area contributed by atoms with Gasteiger partial charge in [-0.25, -0.2) is 0 Å². The molecule has 0 aliphatic rings. The van der Waals surface area contributed by atoms with Crippen LogP contribution in [0.5, 0.6) is 5.75 Å². The summed E-state index contributed by atoms with van der Waals surface area (Å²) in [5.41, 5.74) is 6.47. The van der Waals surface area contributed by atoms with Gasteiger partial charge in [-0.05, 0) is 48.9 Å². The van der Waals surface area contributed by atoms with E-state index in [4.69, 9.17) is 22.1 Å². The van der Waals surface area contributed by atoms with E-state index in [1.807, 2.05) is 0 Å². The third-order valence-electron chi connectivity index (χ3n) is 4.06. The van der Waals surface area contributed by atoms with Gasteiger partial charge in [0.05, 0.1) is 5.56 Å². The Labute approximate surface area is 169 Å². The molecule has 0 bridgehead atoms. The second kappa shape index (κ2) is 10.5. The summed E-state index contributed by atoms with van der Waals surface area (Å²) in [6.07, 6.45) is 3.41. The van der Waals surface area contributed by atoms with E-state index >= 15 is 0 Å². The molecule has 2 aromatic rings. The van der Waals surface area contributed by atoms with Gasteiger partial charge in [0, 0.05) is 22.7 Å². The van der Waals surface area contributed by atoms with Gasteiger partial charge in [-0.2, -0.15) is 0 Å². The van der Waals surface area contributed by atoms with Crippen molar-refractivity contribution in [2.75, 3.05) is 11.9 Å². The lowest BCUT2D eigenvalue weighted by molar-refractivity contribution is -0.116. The van der Waals surface area contributed by atoms with Crippen LogP contribution in [0.3, 0.4) is 0 Å². The minimum absolute atomic E-state index is 0.0439. The number of primary amides is 1. The van der Waals surface area contributed by atoms with Crippen LogP contribution in [0.2, 0.25) is 5.02 Å². The number of Topliss-reactive ketones (excluding diaryl/α,β-unsaturated/α-hetero) is 1. The normalized spacial score (nSPS) is 10.4. The van der Waals surface area contributed by atoms with E-state index in [-0.39, 0.29) is 29.6 Å². The molecule has 0 radical (unpaired) electrons. The first-order chi connectivity index (χ1) is 13.4. The number of carbonyl (C=O) groups excluding carboxylic acids is 3. The Balaban J connectivity index is 1.93. The molecule has 2 amide bonds. The molecule has 0 atom stereocenters. The van der Waals surface area contributed by atoms with Gasteiger partial charge in [0.15, 0.2) is 12.4 Å². The second-order valence-electron chi connectivity index (χ2n) is 6.30. The van der Waals surface area contributed by atoms with Gasteiger partial charge >= 0.3 is 0 Å². The van der Waals surface area contributed by atoms with Crippen molar-refractivity contribution in [2.45, 2.75) is 32.6 Å². The summed E-state index contributed by atoms with van der Waals surface area (Å²) in [6, 6.07) is 11.0. The maximum absolute atomic E-state index is 12.3. The molecular formula is C21H23ClN2O4. The smallest absolute Gasteiger partial charge is 0.252 e. The minimum atomic E-state index is -0.691. The number of hydrogen-bond donors (Lipinski definition) is 2. The van der Waals surface area contributed by atoms with Gasteiger partial charge in [0.2, 0.25) is 5.91 Å². The summed E-state index contributed by atoms with van der Waals surface area (Å²) >= 11 is 5.85. The molecule has 0 saturated heterocycles. The van der Waals surface area contributed by atoms with Gasteiger partial charge in [-0.1, -0.05) is 31.4 Å². The number of carbonyl (C=O) groups is 3. The largest absolute Gasteiger partial charge is 0.485 e. The molecule has 0 unspecified atom stereocenters. The molecule has 28 heavy (non-hydrogen) atoms. The lowest BCUT2D eigenvalue weighted by Gasteiger charge is -2.10. The van der Waals surface area contributed by atoms with Crippen LogP contribution in [-0.4, -0.2) is 24.2 Å². The molecule has 2 aromatic carbocycles. The molecule has 7 heteroatoms. The van der Waals surface area contributed by atoms with Gasteiger partial charge in [-0.15, -0.1) is 0 Å². The minimum Gasteiger partial charge on any atom is -0.485 e. The highest BCUT2D eigenvalue weighted by Gasteiger charge is 2.13. The van der Waals surface area contributed by atoms with Crippen LogP contribution in [0.25, 0.3) is 0 Å². The third-order valence-corrected chi connectivity index (χ3v) is 4.30. The maximum atomic E-state index is 12.3. The van der Waals surface area contributed by atoms with Gasteiger partial charge in [0.25, 0.3) is 5.91 Å². The molecule has 0 aliphatic heterocycles. The highest BCUT2D eigenvalue weighted by atomic mass is 35.5. The zero-order valence-electron chi connectivity index (χ0n) is 15.7. The van der Waals surface area contributed by atoms with Crippen molar-refractivity contribution in [1.82, 2.24) is 0 Å². The van der Waals surface area contributed by atoms with E-state index in [9.17, 15) is 14.4 Å². The van der Waals surface area contributed by atoms with Crippen LogP contribution in [0.4, 0.5) is 5.69 Å². The van der Waals surface area contributed by atoms with Crippen LogP contribution in [-0.2, 0) is 4.79 Å². The summed E-state index contributed by atoms with van der Waals surface area (Å²) in [7, 11) is 0. The lowest BCUT2D eigenvalue weighted by atomic mass is 10.1. The summed E-state index contributed by atoms with van der Waals surface area (Å²) in [6.45, 7) is 1.82. The number of unbranched alkanes of at least 4 members (excludes halogenated alkanes) is 2. The number of ether oxygens (including phenoxy) is 1. The van der Waals surface area contributed by atoms with Crippen LogP contribution in [0.15, 0.2) is 42.5 Å². The Bertz CT molecular complexity index is 850. The fourth-order valence-corrected chi connectivity index (χ4v) is 2.72. The molecule has 3 N–H and O–H groups in total. The number of halogens is 1. The van der Waals surface area contributed by atoms with Gasteiger partial charge in [-0.3, -0.25) is 14.4 Å². The Hall–Kier alpha value is -2.86. The van der Waals surface area contributed by atoms with E-state index in [0.717, 1.165) is 19.3 Å². The van der Waals surface area contributed by atoms with E-state index in [1.165, 1.54) is 12.1 Å². The van der Waals surface area contributed by atoms with Crippen molar-refractivity contribution in [1.29, 1.82) is 0 Å². The standard InChI is InChI=1S/C21H23ClN2O4/c1-2-3-4-5-20(26)24-16-9-6-14(7-10-16)18(25)13-28-19-11-8-15(22)12-17(19)21(23)27/h6-12H,2-5,13H2,1H3,(H2,23,27)(H,24,26). The first-order valence-electron chi connectivity index (χ1n) is 9.06. The van der Waals surface area contributed by atoms with E-state index in [1.54, 1.807) is 30.3 Å². The Morgan fingerprint density at radius 1 is 1.07 bits per heavy atom. The van der Waals surface area contributed by atoms with Crippen molar-refractivity contribution in [3.8, 4) is 5.75 Å². The summed E-state index contributed by atoms with van der Waals surface area (Å²) in [5.74, 6) is -0.811. The fraction of sp³-hybridized carbons (Fsp3) is 0.286. The lowest BCUT2D eigenvalue weighted by Crippen LogP contribution is -2.16. The molecular weight excluding hydrogens is 380 g/mol. The Kier molecular flexibility index (Phi) is 8.02. The molecule has 0 fully saturated rings. The van der Waals surface area contributed by atoms with E-state index < -0.39 is 5.91 Å². The van der Waals surface area contributed by atoms with Gasteiger partial charge in [0.1, 0.15) is 5.75 Å². The van der Waals surface area contributed by atoms with Gasteiger partial charge < -0.3 is 15.8 Å². The summed E-state index contributed by atoms with van der Waals surface area (Å²) in [5, 5.41) is 3.15. The van der Waals surface area contributed by atoms with Crippen molar-refractivity contribution < 1.29 is 19.1 Å². The van der Waals surface area contributed by atoms with Crippen LogP contribution in [0, 0.1) is 0 Å². The predicted octanol–water partition coefficient (Wildman–Crippen LogP) is 4.22. The number of rotatable bonds is 10. The molecule has 0 aromatic heterocycles. The second-order valence-corrected chi connectivity index (χ2v) is 6.74. The molecule has 0 saturated carbocycles. The first kappa shape index (κ1) is 21.4. The SMILES string of the molecule is CCCCCC(=O)Nc1ccc(C(=O)COc2ccc(Cl)cc2C(N)=O)cc1. The molecule has 6 nitrogen and oxygen atoms in total. The van der Waals surface area contributed by atoms with Crippen LogP contribution >= 0.6 is 11.6 Å². The monoisotopic (exact) mass is 402 g/mol. The van der Waals surface area contributed by atoms with Crippen molar-refractivity contribution in [3.05, 3.63) is 58.6 Å². The van der Waals surface area contributed by atoms with Crippen LogP contribution < -0.4 is 15.8 Å². The highest BCUT2D eigenvalue weighted by molar-refractivity contribution is 6.31. The van der Waals surface area contributed by atoms with E-state index in [0.29, 0.717) is 22.7 Å². The number of nitrogens with two attached hydrogens (primary N) is 1. The number of nitrogens with one attached hydrogen (secondary N) is 1. The summed E-state index contributed by atoms with van der Waals surface area (Å²) < 4.78 is 5.44. The third kappa shape index (κ3) is 6.39. The predicted molar refractivity (Wildman–Crippen MR) is 109 cm³/mol. The average molecular weight is 403 g/mol. The molecule has 0 spiro atoms. The Morgan fingerprint density at radius 2 is 1.79 bits per heavy atom. The molecule has 148 valence electrons. The fourth-order valence-electron chi connectivity index (χ4n) is 2.55. The number of anilines is 1. The maximum Gasteiger partial charge on any atom is 0.252 e. The van der Waals surface area contributed by atoms with Crippen molar-refractivity contribution in [3.63, 3.8) is 0 Å². The van der Waals surface area contributed by atoms with Crippen molar-refractivity contribution in [2.24, 2.45) is 5.73 Å². The zero-order valence-corrected chi connectivity index (χ0v) is 16.4. The topological polar surface area (TPSA) is 98.5 Å². The van der Waals surface area contributed by atoms with E-state index in [2.05, 4.69) is 12.2 Å². The highest BCUT2D eigenvalue weighted by Crippen LogP contribution is 2.23. The first-order valence-corrected chi connectivity index (χ1v) is 9.43. The molecule has 0 aliphatic carbocycles. The molecule has 0 heterocycles. The number of hydrogen-bond acceptors (Lipinski definition) is 4. The average Bonchev–Trinajstić information content (AvgIpc) is 2.67. The number of amides is 2. The Morgan fingerprint density at radius 3 is 2.43 bits per heavy atom. The quantitative estimate of drug-likeness (QED) is 0.459. The zero-order chi connectivity index (χ0) is 20.5. The van der Waals surface area contributed by atoms with Crippen molar-refractivity contribution >= 4 is 34.9 Å².